The van der Waals surface area contributed by atoms with Gasteiger partial charge in [0.05, 0.1) is 23.6 Å². The van der Waals surface area contributed by atoms with Crippen LogP contribution in [0.3, 0.4) is 0 Å². The summed E-state index contributed by atoms with van der Waals surface area (Å²) >= 11 is 0. The summed E-state index contributed by atoms with van der Waals surface area (Å²) in [6, 6.07) is 5.15. The van der Waals surface area contributed by atoms with E-state index in [0.29, 0.717) is 11.9 Å². The first kappa shape index (κ1) is 18.2. The van der Waals surface area contributed by atoms with Crippen LogP contribution in [0, 0.1) is 0 Å². The Hall–Kier alpha value is -2.64. The van der Waals surface area contributed by atoms with Gasteiger partial charge >= 0.3 is 6.18 Å². The number of nitrogens with zero attached hydrogens (tertiary/aromatic N) is 2. The molecule has 2 N–H and O–H groups in total. The standard InChI is InChI=1S/C18H19F3N4O/c19-18(20,21)13-8-4-5-9-14(13)25-17(26)15-10-23-16(11-22-15)24-12-6-2-1-3-7-12/h4-5,8-12H,1-3,6-7H2,(H,23,24)(H,25,26). The molecular weight excluding hydrogens is 345 g/mol. The molecule has 5 nitrogen and oxygen atoms in total. The van der Waals surface area contributed by atoms with Gasteiger partial charge in [-0.05, 0) is 25.0 Å². The minimum atomic E-state index is -4.55. The number of rotatable bonds is 4. The smallest absolute Gasteiger partial charge is 0.366 e. The van der Waals surface area contributed by atoms with Crippen LogP contribution in [0.1, 0.15) is 48.2 Å². The molecule has 138 valence electrons. The number of hydrogen-bond donors (Lipinski definition) is 2. The normalized spacial score (nSPS) is 15.5. The number of amides is 1. The summed E-state index contributed by atoms with van der Waals surface area (Å²) in [5, 5.41) is 5.52. The Morgan fingerprint density at radius 2 is 1.77 bits per heavy atom. The van der Waals surface area contributed by atoms with Crippen LogP contribution in [0.25, 0.3) is 0 Å². The Morgan fingerprint density at radius 3 is 2.42 bits per heavy atom. The van der Waals surface area contributed by atoms with Crippen LogP contribution in [0.4, 0.5) is 24.7 Å². The molecule has 0 saturated heterocycles. The molecule has 26 heavy (non-hydrogen) atoms. The molecular formula is C18H19F3N4O. The van der Waals surface area contributed by atoms with Gasteiger partial charge < -0.3 is 10.6 Å². The highest BCUT2D eigenvalue weighted by molar-refractivity contribution is 6.03. The first-order chi connectivity index (χ1) is 12.4. The largest absolute Gasteiger partial charge is 0.418 e. The Morgan fingerprint density at radius 1 is 1.04 bits per heavy atom. The lowest BCUT2D eigenvalue weighted by molar-refractivity contribution is -0.136. The van der Waals surface area contributed by atoms with E-state index in [9.17, 15) is 18.0 Å². The molecule has 1 fully saturated rings. The molecule has 2 aromatic rings. The van der Waals surface area contributed by atoms with Crippen LogP contribution >= 0.6 is 0 Å². The van der Waals surface area contributed by atoms with Gasteiger partial charge in [0.25, 0.3) is 5.91 Å². The van der Waals surface area contributed by atoms with Crippen molar-refractivity contribution >= 4 is 17.4 Å². The maximum atomic E-state index is 13.0. The number of nitrogens with one attached hydrogen (secondary N) is 2. The number of alkyl halides is 3. The number of carbonyl (C=O) groups excluding carboxylic acids is 1. The quantitative estimate of drug-likeness (QED) is 0.839. The average Bonchev–Trinajstić information content (AvgIpc) is 2.63. The summed E-state index contributed by atoms with van der Waals surface area (Å²) in [4.78, 5) is 20.4. The molecule has 1 aliphatic rings. The van der Waals surface area contributed by atoms with Gasteiger partial charge in [-0.15, -0.1) is 0 Å². The fraction of sp³-hybridized carbons (Fsp3) is 0.389. The maximum Gasteiger partial charge on any atom is 0.418 e. The fourth-order valence-corrected chi connectivity index (χ4v) is 3.00. The fourth-order valence-electron chi connectivity index (χ4n) is 3.00. The molecule has 0 spiro atoms. The molecule has 0 radical (unpaired) electrons. The second-order valence-corrected chi connectivity index (χ2v) is 6.26. The Kier molecular flexibility index (Phi) is 5.39. The highest BCUT2D eigenvalue weighted by Gasteiger charge is 2.33. The van der Waals surface area contributed by atoms with E-state index in [1.165, 1.54) is 49.9 Å². The van der Waals surface area contributed by atoms with Crippen molar-refractivity contribution in [1.82, 2.24) is 9.97 Å². The van der Waals surface area contributed by atoms with Crippen molar-refractivity contribution < 1.29 is 18.0 Å². The molecule has 1 aliphatic carbocycles. The van der Waals surface area contributed by atoms with Crippen molar-refractivity contribution in [3.63, 3.8) is 0 Å². The molecule has 0 aliphatic heterocycles. The molecule has 1 heterocycles. The van der Waals surface area contributed by atoms with Crippen LogP contribution in [0.5, 0.6) is 0 Å². The lowest BCUT2D eigenvalue weighted by Gasteiger charge is -2.23. The Bertz CT molecular complexity index is 756. The van der Waals surface area contributed by atoms with Gasteiger partial charge in [0.2, 0.25) is 0 Å². The van der Waals surface area contributed by atoms with E-state index in [1.54, 1.807) is 0 Å². The topological polar surface area (TPSA) is 66.9 Å². The molecule has 0 bridgehead atoms. The molecule has 1 aromatic carbocycles. The van der Waals surface area contributed by atoms with Crippen molar-refractivity contribution in [3.05, 3.63) is 47.9 Å². The molecule has 0 atom stereocenters. The zero-order valence-corrected chi connectivity index (χ0v) is 14.0. The molecule has 1 amide bonds. The molecule has 8 heteroatoms. The number of aromatic nitrogens is 2. The third-order valence-corrected chi connectivity index (χ3v) is 4.32. The number of benzene rings is 1. The van der Waals surface area contributed by atoms with Crippen molar-refractivity contribution in [3.8, 4) is 0 Å². The third-order valence-electron chi connectivity index (χ3n) is 4.32. The second kappa shape index (κ2) is 7.72. The van der Waals surface area contributed by atoms with E-state index in [-0.39, 0.29) is 11.4 Å². The van der Waals surface area contributed by atoms with E-state index in [2.05, 4.69) is 20.6 Å². The zero-order chi connectivity index (χ0) is 18.6. The molecule has 1 saturated carbocycles. The number of anilines is 2. The van der Waals surface area contributed by atoms with Gasteiger partial charge in [-0.1, -0.05) is 31.4 Å². The third kappa shape index (κ3) is 4.50. The lowest BCUT2D eigenvalue weighted by atomic mass is 9.96. The van der Waals surface area contributed by atoms with Crippen molar-refractivity contribution in [2.45, 2.75) is 44.3 Å². The zero-order valence-electron chi connectivity index (χ0n) is 14.0. The van der Waals surface area contributed by atoms with E-state index in [0.717, 1.165) is 18.9 Å². The van der Waals surface area contributed by atoms with E-state index >= 15 is 0 Å². The van der Waals surface area contributed by atoms with Crippen LogP contribution in [-0.2, 0) is 6.18 Å². The maximum absolute atomic E-state index is 13.0. The Balaban J connectivity index is 1.67. The van der Waals surface area contributed by atoms with Crippen LogP contribution < -0.4 is 10.6 Å². The van der Waals surface area contributed by atoms with Gasteiger partial charge in [-0.3, -0.25) is 4.79 Å². The number of para-hydroxylation sites is 1. The van der Waals surface area contributed by atoms with E-state index in [1.807, 2.05) is 0 Å². The van der Waals surface area contributed by atoms with E-state index in [4.69, 9.17) is 0 Å². The van der Waals surface area contributed by atoms with Gasteiger partial charge in [-0.25, -0.2) is 9.97 Å². The van der Waals surface area contributed by atoms with Crippen LogP contribution in [0.15, 0.2) is 36.7 Å². The van der Waals surface area contributed by atoms with Gasteiger partial charge in [0, 0.05) is 6.04 Å². The summed E-state index contributed by atoms with van der Waals surface area (Å²) in [5.74, 6) is -0.178. The van der Waals surface area contributed by atoms with Crippen molar-refractivity contribution in [2.75, 3.05) is 10.6 Å². The average molecular weight is 364 g/mol. The Labute approximate surface area is 149 Å². The number of halogens is 3. The predicted molar refractivity (Wildman–Crippen MR) is 91.9 cm³/mol. The molecule has 3 rings (SSSR count). The highest BCUT2D eigenvalue weighted by Crippen LogP contribution is 2.34. The van der Waals surface area contributed by atoms with Crippen LogP contribution in [0.2, 0.25) is 0 Å². The van der Waals surface area contributed by atoms with Crippen LogP contribution in [-0.4, -0.2) is 21.9 Å². The number of carbonyl (C=O) groups is 1. The van der Waals surface area contributed by atoms with Gasteiger partial charge in [0.15, 0.2) is 0 Å². The summed E-state index contributed by atoms with van der Waals surface area (Å²) in [7, 11) is 0. The summed E-state index contributed by atoms with van der Waals surface area (Å²) < 4.78 is 39.0. The minimum absolute atomic E-state index is 0.0452. The second-order valence-electron chi connectivity index (χ2n) is 6.26. The summed E-state index contributed by atoms with van der Waals surface area (Å²) in [6.45, 7) is 0. The monoisotopic (exact) mass is 364 g/mol. The van der Waals surface area contributed by atoms with Gasteiger partial charge in [0.1, 0.15) is 11.5 Å². The van der Waals surface area contributed by atoms with Crippen molar-refractivity contribution in [1.29, 1.82) is 0 Å². The van der Waals surface area contributed by atoms with Gasteiger partial charge in [-0.2, -0.15) is 13.2 Å². The minimum Gasteiger partial charge on any atom is -0.366 e. The number of hydrogen-bond acceptors (Lipinski definition) is 4. The molecule has 1 aromatic heterocycles. The first-order valence-electron chi connectivity index (χ1n) is 8.49. The SMILES string of the molecule is O=C(Nc1ccccc1C(F)(F)F)c1cnc(NC2CCCCC2)cn1. The predicted octanol–water partition coefficient (Wildman–Crippen LogP) is 4.49. The lowest BCUT2D eigenvalue weighted by Crippen LogP contribution is -2.23. The van der Waals surface area contributed by atoms with E-state index < -0.39 is 17.6 Å². The summed E-state index contributed by atoms with van der Waals surface area (Å²) in [6.07, 6.45) is 3.85. The van der Waals surface area contributed by atoms with Crippen molar-refractivity contribution in [2.24, 2.45) is 0 Å². The summed E-state index contributed by atoms with van der Waals surface area (Å²) in [5.41, 5.74) is -1.26. The molecule has 0 unspecified atom stereocenters. The highest BCUT2D eigenvalue weighted by atomic mass is 19.4. The first-order valence-corrected chi connectivity index (χ1v) is 8.49.